The van der Waals surface area contributed by atoms with E-state index < -0.39 is 0 Å². The highest BCUT2D eigenvalue weighted by Gasteiger charge is 2.34. The average Bonchev–Trinajstić information content (AvgIpc) is 3.56. The molecule has 0 N–H and O–H groups in total. The molecule has 0 saturated carbocycles. The summed E-state index contributed by atoms with van der Waals surface area (Å²) in [5.74, 6) is 0.797. The van der Waals surface area contributed by atoms with Gasteiger partial charge in [-0.2, -0.15) is 5.10 Å². The molecule has 0 bridgehead atoms. The van der Waals surface area contributed by atoms with Crippen molar-refractivity contribution in [3.8, 4) is 11.5 Å². The monoisotopic (exact) mass is 475 g/mol. The molecule has 1 aliphatic rings. The van der Waals surface area contributed by atoms with Crippen molar-refractivity contribution in [1.82, 2.24) is 20.0 Å². The highest BCUT2D eigenvalue weighted by Crippen LogP contribution is 2.37. The van der Waals surface area contributed by atoms with E-state index in [0.717, 1.165) is 20.8 Å². The Balaban J connectivity index is 1.50. The van der Waals surface area contributed by atoms with Crippen molar-refractivity contribution in [1.29, 1.82) is 0 Å². The van der Waals surface area contributed by atoms with Crippen LogP contribution in [0.3, 0.4) is 0 Å². The molecule has 1 unspecified atom stereocenters. The third kappa shape index (κ3) is 3.92. The molecule has 0 saturated heterocycles. The lowest BCUT2D eigenvalue weighted by atomic mass is 10.0. The van der Waals surface area contributed by atoms with Gasteiger partial charge < -0.3 is 9.47 Å². The van der Waals surface area contributed by atoms with Gasteiger partial charge in [0.1, 0.15) is 12.1 Å². The molecule has 172 valence electrons. The first kappa shape index (κ1) is 21.8. The van der Waals surface area contributed by atoms with E-state index in [9.17, 15) is 9.59 Å². The number of nitrogens with zero attached hydrogens (tertiary/aromatic N) is 5. The predicted octanol–water partition coefficient (Wildman–Crippen LogP) is 3.25. The number of rotatable bonds is 6. The van der Waals surface area contributed by atoms with Gasteiger partial charge in [0, 0.05) is 6.42 Å². The van der Waals surface area contributed by atoms with E-state index in [2.05, 4.69) is 15.4 Å². The number of methoxy groups -OCH3 is 2. The Morgan fingerprint density at radius 2 is 1.91 bits per heavy atom. The molecule has 1 aliphatic heterocycles. The molecule has 34 heavy (non-hydrogen) atoms. The first-order valence-corrected chi connectivity index (χ1v) is 11.4. The number of thiophene rings is 1. The number of ether oxygens (including phenoxy) is 2. The lowest BCUT2D eigenvalue weighted by molar-refractivity contribution is -0.134. The zero-order valence-electron chi connectivity index (χ0n) is 18.5. The quantitative estimate of drug-likeness (QED) is 0.425. The molecule has 2 aromatic carbocycles. The summed E-state index contributed by atoms with van der Waals surface area (Å²) in [4.78, 5) is 27.3. The topological polar surface area (TPSA) is 98.9 Å². The molecule has 1 amide bonds. The van der Waals surface area contributed by atoms with Crippen molar-refractivity contribution in [3.63, 3.8) is 0 Å². The lowest BCUT2D eigenvalue weighted by Crippen LogP contribution is -2.35. The second-order valence-corrected chi connectivity index (χ2v) is 8.61. The van der Waals surface area contributed by atoms with Gasteiger partial charge in [0.25, 0.3) is 11.5 Å². The summed E-state index contributed by atoms with van der Waals surface area (Å²) < 4.78 is 11.9. The Labute approximate surface area is 198 Å². The van der Waals surface area contributed by atoms with Crippen LogP contribution in [0.5, 0.6) is 11.5 Å². The van der Waals surface area contributed by atoms with Crippen LogP contribution in [-0.4, -0.2) is 45.8 Å². The number of hydrazone groups is 1. The maximum atomic E-state index is 13.4. The summed E-state index contributed by atoms with van der Waals surface area (Å²) in [5.41, 5.74) is 1.76. The minimum absolute atomic E-state index is 0.276. The standard InChI is InChI=1S/C24H21N5O4S/c1-32-20-10-9-15(12-21(20)33-2)19-13-18(22-8-5-11-34-22)26-29(19)23(30)14-28-24(31)16-6-3-4-7-17(16)25-27-28/h3-12,19H,13-14H2,1-2H3. The maximum Gasteiger partial charge on any atom is 0.278 e. The number of aromatic nitrogens is 3. The number of hydrogen-bond donors (Lipinski definition) is 0. The zero-order chi connectivity index (χ0) is 23.7. The Hall–Kier alpha value is -4.05. The number of benzene rings is 2. The van der Waals surface area contributed by atoms with Crippen LogP contribution in [0.4, 0.5) is 0 Å². The number of carbonyl (C=O) groups excluding carboxylic acids is 1. The van der Waals surface area contributed by atoms with Crippen LogP contribution < -0.4 is 15.0 Å². The summed E-state index contributed by atoms with van der Waals surface area (Å²) in [6.45, 7) is -0.276. The van der Waals surface area contributed by atoms with Crippen molar-refractivity contribution < 1.29 is 14.3 Å². The fraction of sp³-hybridized carbons (Fsp3) is 0.208. The van der Waals surface area contributed by atoms with Crippen LogP contribution in [-0.2, 0) is 11.3 Å². The molecule has 10 heteroatoms. The Morgan fingerprint density at radius 1 is 1.09 bits per heavy atom. The van der Waals surface area contributed by atoms with Crippen LogP contribution >= 0.6 is 11.3 Å². The van der Waals surface area contributed by atoms with Gasteiger partial charge in [0.15, 0.2) is 11.5 Å². The van der Waals surface area contributed by atoms with E-state index in [0.29, 0.717) is 28.8 Å². The number of fused-ring (bicyclic) bond motifs is 1. The van der Waals surface area contributed by atoms with Gasteiger partial charge in [0.2, 0.25) is 0 Å². The van der Waals surface area contributed by atoms with Gasteiger partial charge in [-0.3, -0.25) is 9.59 Å². The average molecular weight is 476 g/mol. The minimum Gasteiger partial charge on any atom is -0.493 e. The molecule has 0 spiro atoms. The van der Waals surface area contributed by atoms with E-state index >= 15 is 0 Å². The molecular weight excluding hydrogens is 454 g/mol. The molecule has 2 aromatic heterocycles. The number of hydrogen-bond acceptors (Lipinski definition) is 8. The van der Waals surface area contributed by atoms with Crippen molar-refractivity contribution >= 4 is 33.9 Å². The second-order valence-electron chi connectivity index (χ2n) is 7.67. The largest absolute Gasteiger partial charge is 0.493 e. The van der Waals surface area contributed by atoms with Crippen LogP contribution in [0.25, 0.3) is 10.9 Å². The highest BCUT2D eigenvalue weighted by atomic mass is 32.1. The summed E-state index contributed by atoms with van der Waals surface area (Å²) >= 11 is 1.56. The Kier molecular flexibility index (Phi) is 5.81. The fourth-order valence-electron chi connectivity index (χ4n) is 3.98. The first-order valence-electron chi connectivity index (χ1n) is 10.6. The highest BCUT2D eigenvalue weighted by molar-refractivity contribution is 7.12. The van der Waals surface area contributed by atoms with Gasteiger partial charge in [-0.1, -0.05) is 29.5 Å². The molecule has 1 atom stereocenters. The van der Waals surface area contributed by atoms with Crippen LogP contribution in [0, 0.1) is 0 Å². The predicted molar refractivity (Wildman–Crippen MR) is 128 cm³/mol. The SMILES string of the molecule is COc1ccc(C2CC(c3cccs3)=NN2C(=O)Cn2nnc3ccccc3c2=O)cc1OC. The van der Waals surface area contributed by atoms with E-state index in [1.165, 1.54) is 5.01 Å². The van der Waals surface area contributed by atoms with Gasteiger partial charge in [-0.15, -0.1) is 16.4 Å². The minimum atomic E-state index is -0.372. The molecule has 9 nitrogen and oxygen atoms in total. The normalized spacial score (nSPS) is 15.4. The van der Waals surface area contributed by atoms with Crippen molar-refractivity contribution in [2.45, 2.75) is 19.0 Å². The smallest absolute Gasteiger partial charge is 0.278 e. The Morgan fingerprint density at radius 3 is 2.68 bits per heavy atom. The lowest BCUT2D eigenvalue weighted by Gasteiger charge is -2.23. The summed E-state index contributed by atoms with van der Waals surface area (Å²) in [7, 11) is 3.14. The number of amides is 1. The van der Waals surface area contributed by atoms with E-state index in [1.807, 2.05) is 29.6 Å². The second kappa shape index (κ2) is 9.06. The molecule has 4 aromatic rings. The molecule has 3 heterocycles. The van der Waals surface area contributed by atoms with Gasteiger partial charge >= 0.3 is 0 Å². The summed E-state index contributed by atoms with van der Waals surface area (Å²) in [5, 5.41) is 16.5. The maximum absolute atomic E-state index is 13.4. The van der Waals surface area contributed by atoms with Crippen molar-refractivity contribution in [2.75, 3.05) is 14.2 Å². The molecule has 5 rings (SSSR count). The molecule has 0 radical (unpaired) electrons. The first-order chi connectivity index (χ1) is 16.6. The summed E-state index contributed by atoms with van der Waals surface area (Å²) in [6, 6.07) is 16.0. The van der Waals surface area contributed by atoms with Gasteiger partial charge in [0.05, 0.1) is 36.2 Å². The van der Waals surface area contributed by atoms with Crippen LogP contribution in [0.1, 0.15) is 22.9 Å². The van der Waals surface area contributed by atoms with Crippen molar-refractivity contribution in [2.24, 2.45) is 5.10 Å². The van der Waals surface area contributed by atoms with E-state index in [-0.39, 0.29) is 24.1 Å². The fourth-order valence-corrected chi connectivity index (χ4v) is 4.70. The number of carbonyl (C=O) groups is 1. The Bertz CT molecular complexity index is 1450. The van der Waals surface area contributed by atoms with E-state index in [4.69, 9.17) is 9.47 Å². The van der Waals surface area contributed by atoms with Crippen LogP contribution in [0.2, 0.25) is 0 Å². The van der Waals surface area contributed by atoms with E-state index in [1.54, 1.807) is 55.9 Å². The van der Waals surface area contributed by atoms with Crippen molar-refractivity contribution in [3.05, 3.63) is 80.8 Å². The third-order valence-electron chi connectivity index (χ3n) is 5.68. The molecule has 0 fully saturated rings. The third-order valence-corrected chi connectivity index (χ3v) is 6.60. The van der Waals surface area contributed by atoms with Gasteiger partial charge in [-0.25, -0.2) is 9.69 Å². The molecule has 0 aliphatic carbocycles. The summed E-state index contributed by atoms with van der Waals surface area (Å²) in [6.07, 6.45) is 0.528. The molecular formula is C24H21N5O4S. The van der Waals surface area contributed by atoms with Crippen LogP contribution in [0.15, 0.2) is 69.9 Å². The zero-order valence-corrected chi connectivity index (χ0v) is 19.4. The van der Waals surface area contributed by atoms with Gasteiger partial charge in [-0.05, 0) is 41.3 Å².